The summed E-state index contributed by atoms with van der Waals surface area (Å²) in [5.74, 6) is 0.0521. The molecular weight excluding hydrogens is 730 g/mol. The fourth-order valence-electron chi connectivity index (χ4n) is 8.07. The predicted octanol–water partition coefficient (Wildman–Crippen LogP) is 5.81. The maximum Gasteiger partial charge on any atom is 0.252 e. The molecule has 4 saturated heterocycles. The molecule has 2 aromatic carbocycles. The average Bonchev–Trinajstić information content (AvgIpc) is 4.01. The van der Waals surface area contributed by atoms with Crippen LogP contribution in [0.25, 0.3) is 22.8 Å². The van der Waals surface area contributed by atoms with Gasteiger partial charge in [-0.15, -0.1) is 0 Å². The highest BCUT2D eigenvalue weighted by Crippen LogP contribution is 2.32. The van der Waals surface area contributed by atoms with Gasteiger partial charge in [-0.05, 0) is 116 Å². The lowest BCUT2D eigenvalue weighted by Gasteiger charge is -2.26. The fraction of sp³-hybridized carbons (Fsp3) is 0.558. The van der Waals surface area contributed by atoms with Crippen molar-refractivity contribution >= 4 is 35.0 Å². The van der Waals surface area contributed by atoms with Gasteiger partial charge in [0.05, 0.1) is 29.6 Å². The summed E-state index contributed by atoms with van der Waals surface area (Å²) in [6, 6.07) is 13.1. The van der Waals surface area contributed by atoms with Gasteiger partial charge in [0.15, 0.2) is 5.76 Å². The molecule has 7 rings (SSSR count). The standard InChI is InChI=1S/C43H55N5O9/c1-42(2,3)56-30-21-32(47(24-30)40(51)34-9-7-19-53-34)37(49)45-28-15-11-26(12-16-28)36-23-44-39(55-36)27-13-17-29(18-14-27)46-38(50)33-22-31(57-43(4,5)6)25-48(33)41(52)35-10-8-20-54-35/h11-18,23,30-35H,7-10,19-22,24-25H2,1-6H3,(H,45,49)(H,46,50)/t30-,31-,32+,33+,34-,35-/m1/s1. The molecule has 1 aromatic heterocycles. The lowest BCUT2D eigenvalue weighted by atomic mass is 10.1. The molecule has 3 aromatic rings. The van der Waals surface area contributed by atoms with E-state index in [9.17, 15) is 19.2 Å². The maximum absolute atomic E-state index is 13.6. The summed E-state index contributed by atoms with van der Waals surface area (Å²) in [7, 11) is 0. The first kappa shape index (κ1) is 40.6. The Balaban J connectivity index is 0.965. The summed E-state index contributed by atoms with van der Waals surface area (Å²) in [4.78, 5) is 61.6. The number of amides is 4. The Bertz CT molecular complexity index is 1770. The predicted molar refractivity (Wildman–Crippen MR) is 212 cm³/mol. The van der Waals surface area contributed by atoms with Gasteiger partial charge in [-0.3, -0.25) is 19.2 Å². The molecule has 4 aliphatic heterocycles. The van der Waals surface area contributed by atoms with E-state index in [0.717, 1.165) is 18.4 Å². The molecule has 0 saturated carbocycles. The largest absolute Gasteiger partial charge is 0.436 e. The van der Waals surface area contributed by atoms with Crippen LogP contribution in [-0.2, 0) is 38.1 Å². The van der Waals surface area contributed by atoms with Crippen molar-refractivity contribution in [3.8, 4) is 22.8 Å². The van der Waals surface area contributed by atoms with Gasteiger partial charge in [-0.2, -0.15) is 0 Å². The number of hydrogen-bond donors (Lipinski definition) is 2. The van der Waals surface area contributed by atoms with E-state index in [1.54, 1.807) is 40.3 Å². The number of oxazole rings is 1. The topological polar surface area (TPSA) is 162 Å². The normalized spacial score (nSPS) is 25.2. The Hall–Kier alpha value is -4.63. The molecule has 14 heteroatoms. The van der Waals surface area contributed by atoms with Crippen molar-refractivity contribution in [3.63, 3.8) is 0 Å². The summed E-state index contributed by atoms with van der Waals surface area (Å²) < 4.78 is 29.8. The number of nitrogens with one attached hydrogen (secondary N) is 2. The quantitative estimate of drug-likeness (QED) is 0.257. The van der Waals surface area contributed by atoms with E-state index in [0.29, 0.717) is 80.6 Å². The molecular formula is C43H55N5O9. The third-order valence-electron chi connectivity index (χ3n) is 10.5. The van der Waals surface area contributed by atoms with E-state index >= 15 is 0 Å². The molecule has 0 aliphatic carbocycles. The lowest BCUT2D eigenvalue weighted by molar-refractivity contribution is -0.145. The van der Waals surface area contributed by atoms with Gasteiger partial charge in [0, 0.05) is 61.6 Å². The summed E-state index contributed by atoms with van der Waals surface area (Å²) in [6.07, 6.45) is 3.81. The number of aromatic nitrogens is 1. The van der Waals surface area contributed by atoms with E-state index in [-0.39, 0.29) is 35.8 Å². The molecule has 4 aliphatic rings. The number of anilines is 2. The highest BCUT2D eigenvalue weighted by Gasteiger charge is 2.45. The van der Waals surface area contributed by atoms with Gasteiger partial charge in [-0.1, -0.05) is 0 Å². The van der Waals surface area contributed by atoms with Crippen molar-refractivity contribution in [2.75, 3.05) is 36.9 Å². The average molecular weight is 786 g/mol. The molecule has 14 nitrogen and oxygen atoms in total. The third kappa shape index (κ3) is 9.92. The number of benzene rings is 2. The van der Waals surface area contributed by atoms with E-state index < -0.39 is 35.5 Å². The van der Waals surface area contributed by atoms with E-state index in [1.165, 1.54) is 0 Å². The van der Waals surface area contributed by atoms with Crippen molar-refractivity contribution in [3.05, 3.63) is 54.7 Å². The minimum Gasteiger partial charge on any atom is -0.436 e. The maximum atomic E-state index is 13.6. The van der Waals surface area contributed by atoms with Crippen molar-refractivity contribution in [1.82, 2.24) is 14.8 Å². The minimum absolute atomic E-state index is 0.164. The first-order valence-electron chi connectivity index (χ1n) is 20.1. The molecule has 5 heterocycles. The number of likely N-dealkylation sites (tertiary alicyclic amines) is 2. The van der Waals surface area contributed by atoms with Crippen molar-refractivity contribution in [2.24, 2.45) is 0 Å². The SMILES string of the molecule is CC(C)(C)O[C@@H]1C[C@@H](C(=O)Nc2ccc(-c3cnc(-c4ccc(NC(=O)[C@@H]5C[C@@H](OC(C)(C)C)CN5C(=O)[C@H]5CCCO5)cc4)o3)cc2)N(C(=O)[C@H]2CCCO2)C1. The van der Waals surface area contributed by atoms with Gasteiger partial charge in [0.2, 0.25) is 17.7 Å². The number of carbonyl (C=O) groups excluding carboxylic acids is 4. The van der Waals surface area contributed by atoms with Crippen LogP contribution in [0, 0.1) is 0 Å². The zero-order valence-electron chi connectivity index (χ0n) is 33.7. The van der Waals surface area contributed by atoms with Gasteiger partial charge in [0.1, 0.15) is 24.3 Å². The Kier molecular flexibility index (Phi) is 11.9. The molecule has 2 N–H and O–H groups in total. The summed E-state index contributed by atoms with van der Waals surface area (Å²) >= 11 is 0. The van der Waals surface area contributed by atoms with Crippen LogP contribution in [0.4, 0.5) is 11.4 Å². The zero-order chi connectivity index (χ0) is 40.5. The first-order chi connectivity index (χ1) is 27.1. The second kappa shape index (κ2) is 16.7. The van der Waals surface area contributed by atoms with Crippen LogP contribution in [0.5, 0.6) is 0 Å². The van der Waals surface area contributed by atoms with E-state index in [4.69, 9.17) is 23.4 Å². The molecule has 0 bridgehead atoms. The number of ether oxygens (including phenoxy) is 4. The van der Waals surface area contributed by atoms with Crippen LogP contribution in [0.1, 0.15) is 80.1 Å². The minimum atomic E-state index is -0.679. The molecule has 306 valence electrons. The number of carbonyl (C=O) groups is 4. The fourth-order valence-corrected chi connectivity index (χ4v) is 8.07. The Morgan fingerprint density at radius 3 is 1.51 bits per heavy atom. The number of nitrogens with zero attached hydrogens (tertiary/aromatic N) is 3. The molecule has 0 unspecified atom stereocenters. The first-order valence-corrected chi connectivity index (χ1v) is 20.1. The second-order valence-corrected chi connectivity index (χ2v) is 17.4. The van der Waals surface area contributed by atoms with Crippen LogP contribution in [-0.4, -0.2) is 112 Å². The molecule has 0 radical (unpaired) electrons. The van der Waals surface area contributed by atoms with Gasteiger partial charge in [0.25, 0.3) is 11.8 Å². The summed E-state index contributed by atoms with van der Waals surface area (Å²) in [5, 5.41) is 5.96. The third-order valence-corrected chi connectivity index (χ3v) is 10.5. The Labute approximate surface area is 333 Å². The van der Waals surface area contributed by atoms with Crippen LogP contribution >= 0.6 is 0 Å². The Morgan fingerprint density at radius 1 is 0.667 bits per heavy atom. The number of rotatable bonds is 10. The molecule has 4 fully saturated rings. The van der Waals surface area contributed by atoms with Crippen LogP contribution in [0.2, 0.25) is 0 Å². The van der Waals surface area contributed by atoms with E-state index in [2.05, 4.69) is 15.6 Å². The lowest BCUT2D eigenvalue weighted by Crippen LogP contribution is -2.47. The van der Waals surface area contributed by atoms with E-state index in [1.807, 2.05) is 65.8 Å². The zero-order valence-corrected chi connectivity index (χ0v) is 33.7. The summed E-state index contributed by atoms with van der Waals surface area (Å²) in [5.41, 5.74) is 1.81. The highest BCUT2D eigenvalue weighted by molar-refractivity contribution is 5.99. The van der Waals surface area contributed by atoms with Crippen LogP contribution in [0.3, 0.4) is 0 Å². The molecule has 0 spiro atoms. The highest BCUT2D eigenvalue weighted by atomic mass is 16.5. The van der Waals surface area contributed by atoms with Gasteiger partial charge < -0.3 is 43.8 Å². The molecule has 4 amide bonds. The van der Waals surface area contributed by atoms with Gasteiger partial charge in [-0.25, -0.2) is 4.98 Å². The molecule has 57 heavy (non-hydrogen) atoms. The van der Waals surface area contributed by atoms with Crippen molar-refractivity contribution < 1.29 is 42.5 Å². The summed E-state index contributed by atoms with van der Waals surface area (Å²) in [6.45, 7) is 13.6. The Morgan fingerprint density at radius 2 is 1.11 bits per heavy atom. The monoisotopic (exact) mass is 785 g/mol. The molecule has 6 atom stereocenters. The van der Waals surface area contributed by atoms with Crippen LogP contribution < -0.4 is 10.6 Å². The number of hydrogen-bond acceptors (Lipinski definition) is 10. The van der Waals surface area contributed by atoms with Crippen molar-refractivity contribution in [1.29, 1.82) is 0 Å². The second-order valence-electron chi connectivity index (χ2n) is 17.4. The smallest absolute Gasteiger partial charge is 0.252 e. The van der Waals surface area contributed by atoms with Crippen LogP contribution in [0.15, 0.2) is 59.1 Å². The van der Waals surface area contributed by atoms with Gasteiger partial charge >= 0.3 is 0 Å². The van der Waals surface area contributed by atoms with Crippen molar-refractivity contribution in [2.45, 2.75) is 128 Å².